The van der Waals surface area contributed by atoms with E-state index in [1.54, 1.807) is 7.11 Å². The molecule has 2 aliphatic heterocycles. The third-order valence-electron chi connectivity index (χ3n) is 5.38. The number of amides is 1. The summed E-state index contributed by atoms with van der Waals surface area (Å²) in [5.74, 6) is 1.50. The summed E-state index contributed by atoms with van der Waals surface area (Å²) in [4.78, 5) is 20.7. The lowest BCUT2D eigenvalue weighted by Gasteiger charge is -2.29. The third kappa shape index (κ3) is 3.74. The number of likely N-dealkylation sites (tertiary alicyclic amines) is 1. The maximum Gasteiger partial charge on any atom is 0.267 e. The minimum atomic E-state index is -0.596. The van der Waals surface area contributed by atoms with E-state index in [1.807, 2.05) is 42.2 Å². The lowest BCUT2D eigenvalue weighted by Crippen LogP contribution is -2.41. The van der Waals surface area contributed by atoms with Gasteiger partial charge in [0.05, 0.1) is 24.6 Å². The maximum absolute atomic E-state index is 13.3. The number of ether oxygens (including phenoxy) is 1. The van der Waals surface area contributed by atoms with Gasteiger partial charge >= 0.3 is 0 Å². The molecule has 0 radical (unpaired) electrons. The second kappa shape index (κ2) is 8.04. The second-order valence-electron chi connectivity index (χ2n) is 7.33. The molecular formula is C21H25N3O4. The van der Waals surface area contributed by atoms with Gasteiger partial charge in [-0.1, -0.05) is 23.2 Å². The number of oxime groups is 1. The SMILES string of the molecule is COc1ccc(C2=NOC(C(=O)N3CCCCCC3c3cc(C)no3)C2)cc1. The molecule has 7 heteroatoms. The van der Waals surface area contributed by atoms with Crippen molar-refractivity contribution in [1.29, 1.82) is 0 Å². The smallest absolute Gasteiger partial charge is 0.267 e. The van der Waals surface area contributed by atoms with Gasteiger partial charge < -0.3 is 19.0 Å². The van der Waals surface area contributed by atoms with Gasteiger partial charge in [0.25, 0.3) is 5.91 Å². The first-order chi connectivity index (χ1) is 13.7. The number of methoxy groups -OCH3 is 1. The van der Waals surface area contributed by atoms with Crippen LogP contribution in [-0.2, 0) is 9.63 Å². The Balaban J connectivity index is 1.48. The van der Waals surface area contributed by atoms with Gasteiger partial charge in [-0.3, -0.25) is 4.79 Å². The van der Waals surface area contributed by atoms with Crippen LogP contribution < -0.4 is 4.74 Å². The van der Waals surface area contributed by atoms with E-state index < -0.39 is 6.10 Å². The lowest BCUT2D eigenvalue weighted by molar-refractivity contribution is -0.145. The number of aromatic nitrogens is 1. The number of hydrogen-bond acceptors (Lipinski definition) is 6. The largest absolute Gasteiger partial charge is 0.497 e. The molecule has 1 fully saturated rings. The highest BCUT2D eigenvalue weighted by Crippen LogP contribution is 2.32. The molecule has 28 heavy (non-hydrogen) atoms. The molecule has 0 bridgehead atoms. The molecule has 1 saturated heterocycles. The highest BCUT2D eigenvalue weighted by Gasteiger charge is 2.37. The standard InChI is InChI=1S/C21H25N3O4/c1-14-12-19(27-22-14)18-6-4-3-5-11-24(18)21(25)20-13-17(23-28-20)15-7-9-16(26-2)10-8-15/h7-10,12,18,20H,3-6,11,13H2,1-2H3. The number of nitrogens with zero attached hydrogens (tertiary/aromatic N) is 3. The first-order valence-corrected chi connectivity index (χ1v) is 9.76. The summed E-state index contributed by atoms with van der Waals surface area (Å²) in [6, 6.07) is 9.45. The van der Waals surface area contributed by atoms with Gasteiger partial charge in [0.2, 0.25) is 6.10 Å². The van der Waals surface area contributed by atoms with Gasteiger partial charge in [-0.15, -0.1) is 0 Å². The van der Waals surface area contributed by atoms with Crippen LogP contribution >= 0.6 is 0 Å². The zero-order chi connectivity index (χ0) is 19.5. The predicted molar refractivity (Wildman–Crippen MR) is 103 cm³/mol. The van der Waals surface area contributed by atoms with Crippen LogP contribution in [0.1, 0.15) is 55.2 Å². The Morgan fingerprint density at radius 2 is 2.04 bits per heavy atom. The van der Waals surface area contributed by atoms with Crippen LogP contribution in [0.15, 0.2) is 40.0 Å². The number of carbonyl (C=O) groups is 1. The van der Waals surface area contributed by atoms with Crippen molar-refractivity contribution in [3.63, 3.8) is 0 Å². The van der Waals surface area contributed by atoms with Crippen molar-refractivity contribution in [2.24, 2.45) is 5.16 Å². The zero-order valence-corrected chi connectivity index (χ0v) is 16.3. The van der Waals surface area contributed by atoms with E-state index in [0.717, 1.165) is 54.2 Å². The van der Waals surface area contributed by atoms with Crippen molar-refractivity contribution in [2.45, 2.75) is 51.2 Å². The van der Waals surface area contributed by atoms with E-state index in [4.69, 9.17) is 14.1 Å². The van der Waals surface area contributed by atoms with Crippen molar-refractivity contribution in [2.75, 3.05) is 13.7 Å². The highest BCUT2D eigenvalue weighted by molar-refractivity contribution is 6.04. The van der Waals surface area contributed by atoms with Gasteiger partial charge in [-0.25, -0.2) is 0 Å². The number of aryl methyl sites for hydroxylation is 1. The Morgan fingerprint density at radius 3 is 2.75 bits per heavy atom. The molecule has 2 aromatic rings. The fourth-order valence-corrected chi connectivity index (χ4v) is 3.86. The summed E-state index contributed by atoms with van der Waals surface area (Å²) < 4.78 is 10.7. The van der Waals surface area contributed by atoms with Crippen LogP contribution in [0.3, 0.4) is 0 Å². The lowest BCUT2D eigenvalue weighted by atomic mass is 10.0. The molecule has 2 atom stereocenters. The summed E-state index contributed by atoms with van der Waals surface area (Å²) in [7, 11) is 1.63. The van der Waals surface area contributed by atoms with E-state index in [9.17, 15) is 4.79 Å². The fourth-order valence-electron chi connectivity index (χ4n) is 3.86. The first kappa shape index (κ1) is 18.5. The van der Waals surface area contributed by atoms with E-state index in [2.05, 4.69) is 10.3 Å². The second-order valence-corrected chi connectivity index (χ2v) is 7.33. The van der Waals surface area contributed by atoms with Crippen molar-refractivity contribution >= 4 is 11.6 Å². The average Bonchev–Trinajstić information content (AvgIpc) is 3.31. The van der Waals surface area contributed by atoms with Gasteiger partial charge in [-0.2, -0.15) is 0 Å². The Bertz CT molecular complexity index is 859. The Kier molecular flexibility index (Phi) is 5.32. The van der Waals surface area contributed by atoms with E-state index in [1.165, 1.54) is 0 Å². The van der Waals surface area contributed by atoms with Gasteiger partial charge in [-0.05, 0) is 49.6 Å². The van der Waals surface area contributed by atoms with Crippen molar-refractivity contribution in [3.05, 3.63) is 47.3 Å². The monoisotopic (exact) mass is 383 g/mol. The molecule has 2 aliphatic rings. The topological polar surface area (TPSA) is 77.2 Å². The molecular weight excluding hydrogens is 358 g/mol. The number of rotatable bonds is 4. The third-order valence-corrected chi connectivity index (χ3v) is 5.38. The Labute approximate surface area is 164 Å². The van der Waals surface area contributed by atoms with E-state index >= 15 is 0 Å². The molecule has 1 aromatic carbocycles. The van der Waals surface area contributed by atoms with Crippen LogP contribution in [0, 0.1) is 6.92 Å². The molecule has 0 saturated carbocycles. The molecule has 148 valence electrons. The van der Waals surface area contributed by atoms with Crippen LogP contribution in [0.25, 0.3) is 0 Å². The predicted octanol–water partition coefficient (Wildman–Crippen LogP) is 3.63. The average molecular weight is 383 g/mol. The normalized spacial score (nSPS) is 22.4. The summed E-state index contributed by atoms with van der Waals surface area (Å²) in [6.07, 6.45) is 3.89. The Hall–Kier alpha value is -2.83. The summed E-state index contributed by atoms with van der Waals surface area (Å²) in [5, 5.41) is 8.18. The molecule has 3 heterocycles. The fraction of sp³-hybridized carbons (Fsp3) is 0.476. The molecule has 4 rings (SSSR count). The van der Waals surface area contributed by atoms with Crippen LogP contribution in [0.4, 0.5) is 0 Å². The van der Waals surface area contributed by atoms with E-state index in [0.29, 0.717) is 13.0 Å². The van der Waals surface area contributed by atoms with Crippen LogP contribution in [-0.4, -0.2) is 41.4 Å². The zero-order valence-electron chi connectivity index (χ0n) is 16.3. The first-order valence-electron chi connectivity index (χ1n) is 9.76. The number of hydrogen-bond donors (Lipinski definition) is 0. The molecule has 0 N–H and O–H groups in total. The minimum Gasteiger partial charge on any atom is -0.497 e. The van der Waals surface area contributed by atoms with Crippen molar-refractivity contribution < 1.29 is 18.9 Å². The van der Waals surface area contributed by atoms with E-state index in [-0.39, 0.29) is 11.9 Å². The summed E-state index contributed by atoms with van der Waals surface area (Å²) in [6.45, 7) is 2.59. The minimum absolute atomic E-state index is 0.0341. The molecule has 7 nitrogen and oxygen atoms in total. The Morgan fingerprint density at radius 1 is 1.21 bits per heavy atom. The molecule has 1 aromatic heterocycles. The number of carbonyl (C=O) groups excluding carboxylic acids is 1. The van der Waals surface area contributed by atoms with Crippen LogP contribution in [0.2, 0.25) is 0 Å². The quantitative estimate of drug-likeness (QED) is 0.806. The van der Waals surface area contributed by atoms with Gasteiger partial charge in [0.15, 0.2) is 5.76 Å². The van der Waals surface area contributed by atoms with Gasteiger partial charge in [0.1, 0.15) is 5.75 Å². The van der Waals surface area contributed by atoms with Crippen molar-refractivity contribution in [3.8, 4) is 5.75 Å². The summed E-state index contributed by atoms with van der Waals surface area (Å²) in [5.41, 5.74) is 2.55. The van der Waals surface area contributed by atoms with Crippen LogP contribution in [0.5, 0.6) is 5.75 Å². The highest BCUT2D eigenvalue weighted by atomic mass is 16.6. The van der Waals surface area contributed by atoms with Gasteiger partial charge in [0, 0.05) is 19.0 Å². The number of benzene rings is 1. The molecule has 0 aliphatic carbocycles. The molecule has 1 amide bonds. The van der Waals surface area contributed by atoms with Crippen molar-refractivity contribution in [1.82, 2.24) is 10.1 Å². The molecule has 2 unspecified atom stereocenters. The maximum atomic E-state index is 13.3. The molecule has 0 spiro atoms. The summed E-state index contributed by atoms with van der Waals surface area (Å²) >= 11 is 0.